The number of rotatable bonds is 3. The molecule has 0 aromatic carbocycles. The van der Waals surface area contributed by atoms with Crippen LogP contribution in [0.3, 0.4) is 0 Å². The summed E-state index contributed by atoms with van der Waals surface area (Å²) < 4.78 is 11.8. The van der Waals surface area contributed by atoms with Crippen LogP contribution in [-0.4, -0.2) is 54.9 Å². The number of esters is 1. The van der Waals surface area contributed by atoms with Gasteiger partial charge in [0.2, 0.25) is 0 Å². The molecule has 1 aromatic heterocycles. The molecule has 0 amide bonds. The van der Waals surface area contributed by atoms with Crippen LogP contribution in [0.5, 0.6) is 0 Å². The number of morpholine rings is 1. The molecule has 126 valence electrons. The van der Waals surface area contributed by atoms with Gasteiger partial charge in [0, 0.05) is 31.4 Å². The van der Waals surface area contributed by atoms with Crippen molar-refractivity contribution in [1.82, 2.24) is 9.47 Å². The Morgan fingerprint density at radius 3 is 2.48 bits per heavy atom. The second kappa shape index (κ2) is 7.27. The zero-order valence-electron chi connectivity index (χ0n) is 13.6. The number of hydrogen-bond acceptors (Lipinski definition) is 5. The van der Waals surface area contributed by atoms with Crippen molar-refractivity contribution in [2.45, 2.75) is 37.8 Å². The van der Waals surface area contributed by atoms with Gasteiger partial charge in [0.05, 0.1) is 20.3 Å². The Morgan fingerprint density at radius 1 is 1.17 bits per heavy atom. The lowest BCUT2D eigenvalue weighted by Gasteiger charge is -2.39. The predicted molar refractivity (Wildman–Crippen MR) is 85.7 cm³/mol. The van der Waals surface area contributed by atoms with Crippen LogP contribution >= 0.6 is 0 Å². The average molecular weight is 320 g/mol. The van der Waals surface area contributed by atoms with Crippen molar-refractivity contribution in [2.75, 3.05) is 33.4 Å². The molecular formula is C17H24N2O4. The van der Waals surface area contributed by atoms with Crippen LogP contribution in [0.1, 0.15) is 42.1 Å². The number of carbonyl (C=O) groups is 1. The van der Waals surface area contributed by atoms with E-state index in [1.807, 2.05) is 0 Å². The van der Waals surface area contributed by atoms with Gasteiger partial charge in [-0.2, -0.15) is 0 Å². The minimum Gasteiger partial charge on any atom is -0.465 e. The molecule has 23 heavy (non-hydrogen) atoms. The molecule has 3 rings (SSSR count). The lowest BCUT2D eigenvalue weighted by molar-refractivity contribution is 0.00534. The summed E-state index contributed by atoms with van der Waals surface area (Å²) in [7, 11) is 1.30. The fourth-order valence-corrected chi connectivity index (χ4v) is 3.71. The van der Waals surface area contributed by atoms with E-state index in [1.165, 1.54) is 13.2 Å². The summed E-state index contributed by atoms with van der Waals surface area (Å²) >= 11 is 0. The highest BCUT2D eigenvalue weighted by atomic mass is 16.5. The monoisotopic (exact) mass is 320 g/mol. The van der Waals surface area contributed by atoms with Crippen molar-refractivity contribution < 1.29 is 14.3 Å². The first kappa shape index (κ1) is 16.2. The number of aromatic nitrogens is 1. The zero-order chi connectivity index (χ0) is 16.2. The lowest BCUT2D eigenvalue weighted by Crippen LogP contribution is -2.45. The summed E-state index contributed by atoms with van der Waals surface area (Å²) in [6.07, 6.45) is 5.88. The van der Waals surface area contributed by atoms with E-state index in [4.69, 9.17) is 4.74 Å². The van der Waals surface area contributed by atoms with Gasteiger partial charge < -0.3 is 14.0 Å². The number of ether oxygens (including phenoxy) is 2. The van der Waals surface area contributed by atoms with E-state index in [1.54, 1.807) is 16.8 Å². The minimum atomic E-state index is -0.564. The van der Waals surface area contributed by atoms with Crippen LogP contribution < -0.4 is 5.56 Å². The first-order valence-electron chi connectivity index (χ1n) is 8.32. The second-order valence-electron chi connectivity index (χ2n) is 6.24. The van der Waals surface area contributed by atoms with Crippen LogP contribution in [0.2, 0.25) is 0 Å². The van der Waals surface area contributed by atoms with E-state index >= 15 is 0 Å². The Hall–Kier alpha value is -1.66. The molecule has 0 atom stereocenters. The standard InChI is InChI=1S/C17H24N2O4/c1-22-17(21)15-3-2-8-19(16(15)20)14-6-4-13(5-7-14)18-9-11-23-12-10-18/h2-3,8,13-14H,4-7,9-12H2,1H3/t13-,14+. The molecule has 0 unspecified atom stereocenters. The normalized spacial score (nSPS) is 26.0. The van der Waals surface area contributed by atoms with Crippen LogP contribution in [0, 0.1) is 0 Å². The van der Waals surface area contributed by atoms with E-state index in [0.29, 0.717) is 6.04 Å². The molecule has 0 N–H and O–H groups in total. The summed E-state index contributed by atoms with van der Waals surface area (Å²) in [6.45, 7) is 3.65. The topological polar surface area (TPSA) is 60.8 Å². The first-order valence-corrected chi connectivity index (χ1v) is 8.32. The van der Waals surface area contributed by atoms with Crippen LogP contribution in [0.15, 0.2) is 23.1 Å². The Kier molecular flexibility index (Phi) is 5.13. The average Bonchev–Trinajstić information content (AvgIpc) is 2.62. The predicted octanol–water partition coefficient (Wildman–Crippen LogP) is 1.45. The van der Waals surface area contributed by atoms with Crippen LogP contribution in [0.4, 0.5) is 0 Å². The second-order valence-corrected chi connectivity index (χ2v) is 6.24. The highest BCUT2D eigenvalue weighted by Crippen LogP contribution is 2.30. The third kappa shape index (κ3) is 3.48. The van der Waals surface area contributed by atoms with E-state index < -0.39 is 5.97 Å². The number of pyridine rings is 1. The molecule has 0 spiro atoms. The Bertz CT molecular complexity index is 599. The number of nitrogens with zero attached hydrogens (tertiary/aromatic N) is 2. The molecule has 2 fully saturated rings. The van der Waals surface area contributed by atoms with Gasteiger partial charge in [-0.1, -0.05) is 0 Å². The highest BCUT2D eigenvalue weighted by Gasteiger charge is 2.28. The molecule has 1 aliphatic carbocycles. The summed E-state index contributed by atoms with van der Waals surface area (Å²) in [4.78, 5) is 26.7. The molecule has 2 aliphatic rings. The Labute approximate surface area is 136 Å². The molecule has 1 aromatic rings. The highest BCUT2D eigenvalue weighted by molar-refractivity contribution is 5.88. The maximum Gasteiger partial charge on any atom is 0.343 e. The van der Waals surface area contributed by atoms with Crippen LogP contribution in [0.25, 0.3) is 0 Å². The molecule has 0 radical (unpaired) electrons. The summed E-state index contributed by atoms with van der Waals surface area (Å²) in [5.41, 5.74) is -0.125. The third-order valence-corrected chi connectivity index (χ3v) is 5.00. The van der Waals surface area contributed by atoms with Gasteiger partial charge in [-0.05, 0) is 37.8 Å². The van der Waals surface area contributed by atoms with E-state index in [-0.39, 0.29) is 17.2 Å². The van der Waals surface area contributed by atoms with Gasteiger partial charge in [-0.3, -0.25) is 9.69 Å². The molecule has 1 saturated carbocycles. The molecule has 2 heterocycles. The van der Waals surface area contributed by atoms with Crippen molar-refractivity contribution in [3.63, 3.8) is 0 Å². The number of carbonyl (C=O) groups excluding carboxylic acids is 1. The summed E-state index contributed by atoms with van der Waals surface area (Å²) in [5, 5.41) is 0. The Balaban J connectivity index is 1.68. The molecule has 6 heteroatoms. The van der Waals surface area contributed by atoms with Gasteiger partial charge in [0.15, 0.2) is 0 Å². The van der Waals surface area contributed by atoms with E-state index in [0.717, 1.165) is 52.0 Å². The van der Waals surface area contributed by atoms with Gasteiger partial charge >= 0.3 is 5.97 Å². The third-order valence-electron chi connectivity index (χ3n) is 5.00. The van der Waals surface area contributed by atoms with Crippen molar-refractivity contribution in [3.8, 4) is 0 Å². The minimum absolute atomic E-state index is 0.116. The maximum absolute atomic E-state index is 12.5. The van der Waals surface area contributed by atoms with Gasteiger partial charge in [-0.15, -0.1) is 0 Å². The molecule has 1 saturated heterocycles. The SMILES string of the molecule is COC(=O)c1cccn([C@H]2CC[C@@H](N3CCOCC3)CC2)c1=O. The van der Waals surface area contributed by atoms with Crippen molar-refractivity contribution in [1.29, 1.82) is 0 Å². The first-order chi connectivity index (χ1) is 11.2. The molecular weight excluding hydrogens is 296 g/mol. The molecule has 1 aliphatic heterocycles. The quantitative estimate of drug-likeness (QED) is 0.789. The van der Waals surface area contributed by atoms with E-state index in [9.17, 15) is 9.59 Å². The smallest absolute Gasteiger partial charge is 0.343 e. The van der Waals surface area contributed by atoms with Crippen molar-refractivity contribution in [3.05, 3.63) is 34.2 Å². The van der Waals surface area contributed by atoms with Gasteiger partial charge in [0.25, 0.3) is 5.56 Å². The number of methoxy groups -OCH3 is 1. The zero-order valence-corrected chi connectivity index (χ0v) is 13.6. The molecule has 0 bridgehead atoms. The van der Waals surface area contributed by atoms with Crippen molar-refractivity contribution >= 4 is 5.97 Å². The fraction of sp³-hybridized carbons (Fsp3) is 0.647. The summed E-state index contributed by atoms with van der Waals surface area (Å²) in [5.74, 6) is -0.564. The van der Waals surface area contributed by atoms with Gasteiger partial charge in [-0.25, -0.2) is 4.79 Å². The molecule has 6 nitrogen and oxygen atoms in total. The largest absolute Gasteiger partial charge is 0.465 e. The van der Waals surface area contributed by atoms with E-state index in [2.05, 4.69) is 9.64 Å². The maximum atomic E-state index is 12.5. The number of hydrogen-bond donors (Lipinski definition) is 0. The fourth-order valence-electron chi connectivity index (χ4n) is 3.71. The van der Waals surface area contributed by atoms with Gasteiger partial charge in [0.1, 0.15) is 5.56 Å². The van der Waals surface area contributed by atoms with Crippen LogP contribution in [-0.2, 0) is 9.47 Å². The Morgan fingerprint density at radius 2 is 1.83 bits per heavy atom. The van der Waals surface area contributed by atoms with Crippen molar-refractivity contribution in [2.24, 2.45) is 0 Å². The lowest BCUT2D eigenvalue weighted by atomic mass is 9.89. The summed E-state index contributed by atoms with van der Waals surface area (Å²) in [6, 6.07) is 4.05.